The summed E-state index contributed by atoms with van der Waals surface area (Å²) in [4.78, 5) is 26.7. The Morgan fingerprint density at radius 3 is 2.47 bits per heavy atom. The first kappa shape index (κ1) is 25.0. The van der Waals surface area contributed by atoms with Gasteiger partial charge >= 0.3 is 0 Å². The molecule has 0 spiro atoms. The Balaban J connectivity index is 1.63. The number of nitrogens with zero attached hydrogens (tertiary/aromatic N) is 4. The van der Waals surface area contributed by atoms with Gasteiger partial charge in [-0.2, -0.15) is 10.2 Å². The molecular formula is C27H31N5O4. The molecule has 0 aliphatic rings. The monoisotopic (exact) mass is 489 g/mol. The van der Waals surface area contributed by atoms with E-state index in [1.54, 1.807) is 18.7 Å². The predicted molar refractivity (Wildman–Crippen MR) is 138 cm³/mol. The second-order valence-corrected chi connectivity index (χ2v) is 8.45. The van der Waals surface area contributed by atoms with Crippen molar-refractivity contribution < 1.29 is 14.3 Å². The van der Waals surface area contributed by atoms with Crippen molar-refractivity contribution >= 4 is 16.8 Å². The number of benzene rings is 2. The van der Waals surface area contributed by atoms with E-state index in [0.29, 0.717) is 46.8 Å². The lowest BCUT2D eigenvalue weighted by molar-refractivity contribution is -0.125. The summed E-state index contributed by atoms with van der Waals surface area (Å²) >= 11 is 0. The second kappa shape index (κ2) is 10.6. The Kier molecular flexibility index (Phi) is 7.38. The van der Waals surface area contributed by atoms with Crippen LogP contribution < -0.4 is 20.3 Å². The molecule has 0 aliphatic carbocycles. The highest BCUT2D eigenvalue weighted by molar-refractivity contribution is 5.84. The van der Waals surface area contributed by atoms with Crippen LogP contribution in [0.15, 0.2) is 53.3 Å². The summed E-state index contributed by atoms with van der Waals surface area (Å²) in [6.45, 7) is 8.23. The molecular weight excluding hydrogens is 458 g/mol. The number of carbonyl (C=O) groups excluding carboxylic acids is 1. The standard InChI is InChI=1S/C27H31N5O4/c1-6-21(26(33)28-16-19-13-14-22(36-7-2)23(15-19)35-5)32-27(34)24-18(4)31(20-11-9-8-10-12-20)30-25(24)17(3)29-32/h8-15,21H,6-7,16H2,1-5H3,(H,28,33)/t21-/m0/s1. The number of rotatable bonds is 9. The number of amides is 1. The highest BCUT2D eigenvalue weighted by atomic mass is 16.5. The third kappa shape index (κ3) is 4.68. The van der Waals surface area contributed by atoms with Gasteiger partial charge < -0.3 is 14.8 Å². The minimum absolute atomic E-state index is 0.277. The zero-order valence-corrected chi connectivity index (χ0v) is 21.2. The van der Waals surface area contributed by atoms with E-state index < -0.39 is 6.04 Å². The van der Waals surface area contributed by atoms with Gasteiger partial charge in [-0.05, 0) is 57.0 Å². The number of methoxy groups -OCH3 is 1. The number of carbonyl (C=O) groups is 1. The van der Waals surface area contributed by atoms with Gasteiger partial charge in [-0.3, -0.25) is 9.59 Å². The average Bonchev–Trinajstić information content (AvgIpc) is 3.25. The first-order valence-electron chi connectivity index (χ1n) is 12.0. The van der Waals surface area contributed by atoms with E-state index in [4.69, 9.17) is 9.47 Å². The van der Waals surface area contributed by atoms with Crippen molar-refractivity contribution in [2.45, 2.75) is 46.7 Å². The Bertz CT molecular complexity index is 1440. The van der Waals surface area contributed by atoms with Crippen molar-refractivity contribution in [1.29, 1.82) is 0 Å². The van der Waals surface area contributed by atoms with Gasteiger partial charge in [-0.15, -0.1) is 0 Å². The molecule has 2 aromatic heterocycles. The minimum atomic E-state index is -0.760. The van der Waals surface area contributed by atoms with Gasteiger partial charge in [0.05, 0.1) is 36.2 Å². The molecule has 9 nitrogen and oxygen atoms in total. The molecule has 2 aromatic carbocycles. The van der Waals surface area contributed by atoms with Crippen LogP contribution in [0.1, 0.15) is 43.3 Å². The number of para-hydroxylation sites is 1. The van der Waals surface area contributed by atoms with Crippen molar-refractivity contribution in [3.63, 3.8) is 0 Å². The summed E-state index contributed by atoms with van der Waals surface area (Å²) in [5, 5.41) is 12.5. The Morgan fingerprint density at radius 1 is 1.06 bits per heavy atom. The van der Waals surface area contributed by atoms with Crippen LogP contribution in [0.5, 0.6) is 11.5 Å². The lowest BCUT2D eigenvalue weighted by atomic mass is 10.1. The molecule has 2 heterocycles. The predicted octanol–water partition coefficient (Wildman–Crippen LogP) is 3.87. The van der Waals surface area contributed by atoms with Crippen LogP contribution in [0.3, 0.4) is 0 Å². The number of hydrogen-bond donors (Lipinski definition) is 1. The van der Waals surface area contributed by atoms with Gasteiger partial charge in [0.1, 0.15) is 11.6 Å². The maximum Gasteiger partial charge on any atom is 0.278 e. The fourth-order valence-corrected chi connectivity index (χ4v) is 4.29. The van der Waals surface area contributed by atoms with Gasteiger partial charge in [0.2, 0.25) is 5.91 Å². The van der Waals surface area contributed by atoms with Gasteiger partial charge in [0.15, 0.2) is 11.5 Å². The summed E-state index contributed by atoms with van der Waals surface area (Å²) < 4.78 is 14.0. The number of aryl methyl sites for hydroxylation is 2. The topological polar surface area (TPSA) is 100 Å². The van der Waals surface area contributed by atoms with Crippen molar-refractivity contribution in [2.75, 3.05) is 13.7 Å². The first-order chi connectivity index (χ1) is 17.4. The number of fused-ring (bicyclic) bond motifs is 1. The number of hydrogen-bond acceptors (Lipinski definition) is 6. The van der Waals surface area contributed by atoms with Crippen LogP contribution in [-0.4, -0.2) is 39.2 Å². The number of nitrogens with one attached hydrogen (secondary N) is 1. The molecule has 36 heavy (non-hydrogen) atoms. The molecule has 0 unspecified atom stereocenters. The fraction of sp³-hybridized carbons (Fsp3) is 0.333. The molecule has 4 rings (SSSR count). The van der Waals surface area contributed by atoms with E-state index in [1.807, 2.05) is 69.3 Å². The van der Waals surface area contributed by atoms with Crippen molar-refractivity contribution in [2.24, 2.45) is 0 Å². The Morgan fingerprint density at radius 2 is 1.81 bits per heavy atom. The molecule has 9 heteroatoms. The summed E-state index contributed by atoms with van der Waals surface area (Å²) in [6.07, 6.45) is 0.405. The first-order valence-corrected chi connectivity index (χ1v) is 12.0. The largest absolute Gasteiger partial charge is 0.493 e. The molecule has 1 N–H and O–H groups in total. The van der Waals surface area contributed by atoms with E-state index in [9.17, 15) is 9.59 Å². The molecule has 0 bridgehead atoms. The van der Waals surface area contributed by atoms with E-state index in [2.05, 4.69) is 15.5 Å². The van der Waals surface area contributed by atoms with Crippen LogP contribution in [0, 0.1) is 13.8 Å². The third-order valence-corrected chi connectivity index (χ3v) is 6.12. The molecule has 0 aliphatic heterocycles. The zero-order chi connectivity index (χ0) is 25.8. The molecule has 0 fully saturated rings. The highest BCUT2D eigenvalue weighted by Gasteiger charge is 2.25. The summed E-state index contributed by atoms with van der Waals surface area (Å²) in [7, 11) is 1.58. The van der Waals surface area contributed by atoms with E-state index >= 15 is 0 Å². The molecule has 0 saturated carbocycles. The van der Waals surface area contributed by atoms with Crippen LogP contribution in [0.25, 0.3) is 16.6 Å². The lowest BCUT2D eigenvalue weighted by Gasteiger charge is -2.18. The van der Waals surface area contributed by atoms with Crippen molar-refractivity contribution in [1.82, 2.24) is 24.9 Å². The fourth-order valence-electron chi connectivity index (χ4n) is 4.29. The van der Waals surface area contributed by atoms with Crippen LogP contribution in [0.4, 0.5) is 0 Å². The summed E-state index contributed by atoms with van der Waals surface area (Å²) in [6, 6.07) is 14.4. The molecule has 0 saturated heterocycles. The van der Waals surface area contributed by atoms with Crippen molar-refractivity contribution in [3.8, 4) is 17.2 Å². The smallest absolute Gasteiger partial charge is 0.278 e. The molecule has 0 radical (unpaired) electrons. The highest BCUT2D eigenvalue weighted by Crippen LogP contribution is 2.28. The molecule has 188 valence electrons. The Labute approximate surface area is 209 Å². The third-order valence-electron chi connectivity index (χ3n) is 6.12. The average molecular weight is 490 g/mol. The van der Waals surface area contributed by atoms with Gasteiger partial charge in [0.25, 0.3) is 5.56 Å². The maximum atomic E-state index is 13.5. The number of aromatic nitrogens is 4. The number of ether oxygens (including phenoxy) is 2. The SMILES string of the molecule is CCOc1ccc(CNC(=O)[C@H](CC)n2nc(C)c3nn(-c4ccccc4)c(C)c3c2=O)cc1OC. The van der Waals surface area contributed by atoms with E-state index in [0.717, 1.165) is 11.3 Å². The second-order valence-electron chi connectivity index (χ2n) is 8.45. The van der Waals surface area contributed by atoms with Crippen molar-refractivity contribution in [3.05, 3.63) is 75.8 Å². The van der Waals surface area contributed by atoms with E-state index in [-0.39, 0.29) is 18.0 Å². The van der Waals surface area contributed by atoms with Gasteiger partial charge in [-0.1, -0.05) is 31.2 Å². The van der Waals surface area contributed by atoms with Gasteiger partial charge in [-0.25, -0.2) is 9.36 Å². The summed E-state index contributed by atoms with van der Waals surface area (Å²) in [5.41, 5.74) is 3.20. The molecule has 1 atom stereocenters. The lowest BCUT2D eigenvalue weighted by Crippen LogP contribution is -2.38. The quantitative estimate of drug-likeness (QED) is 0.383. The zero-order valence-electron chi connectivity index (χ0n) is 21.2. The molecule has 1 amide bonds. The maximum absolute atomic E-state index is 13.5. The van der Waals surface area contributed by atoms with Crippen LogP contribution in [0.2, 0.25) is 0 Å². The summed E-state index contributed by atoms with van der Waals surface area (Å²) in [5.74, 6) is 0.958. The normalized spacial score (nSPS) is 11.9. The molecule has 4 aromatic rings. The minimum Gasteiger partial charge on any atom is -0.493 e. The van der Waals surface area contributed by atoms with E-state index in [1.165, 1.54) is 4.68 Å². The van der Waals surface area contributed by atoms with Crippen LogP contribution in [-0.2, 0) is 11.3 Å². The Hall–Kier alpha value is -4.14. The van der Waals surface area contributed by atoms with Gasteiger partial charge in [0, 0.05) is 6.54 Å². The van der Waals surface area contributed by atoms with Crippen LogP contribution >= 0.6 is 0 Å².